The van der Waals surface area contributed by atoms with Gasteiger partial charge in [-0.15, -0.1) is 0 Å². The van der Waals surface area contributed by atoms with Crippen molar-refractivity contribution in [3.8, 4) is 5.75 Å². The average Bonchev–Trinajstić information content (AvgIpc) is 3.08. The van der Waals surface area contributed by atoms with Gasteiger partial charge in [0.25, 0.3) is 0 Å². The van der Waals surface area contributed by atoms with Crippen molar-refractivity contribution in [2.75, 3.05) is 32.6 Å². The number of anilines is 1. The first-order chi connectivity index (χ1) is 13.9. The van der Waals surface area contributed by atoms with E-state index in [4.69, 9.17) is 9.15 Å². The minimum absolute atomic E-state index is 0.102. The summed E-state index contributed by atoms with van der Waals surface area (Å²) in [6.07, 6.45) is 0.871. The SMILES string of the molecule is CCCNC(=O)CN(C)[C@@H](C)C(=O)Nc1cc2oc3ccccc3c2cc1OC. The van der Waals surface area contributed by atoms with E-state index in [2.05, 4.69) is 10.6 Å². The zero-order valence-corrected chi connectivity index (χ0v) is 17.2. The summed E-state index contributed by atoms with van der Waals surface area (Å²) in [5, 5.41) is 7.63. The Morgan fingerprint density at radius 3 is 2.66 bits per heavy atom. The summed E-state index contributed by atoms with van der Waals surface area (Å²) in [5.74, 6) is 0.216. The topological polar surface area (TPSA) is 83.8 Å². The summed E-state index contributed by atoms with van der Waals surface area (Å²) >= 11 is 0. The van der Waals surface area contributed by atoms with Crippen molar-refractivity contribution in [2.45, 2.75) is 26.3 Å². The van der Waals surface area contributed by atoms with Crippen molar-refractivity contribution in [2.24, 2.45) is 0 Å². The average molecular weight is 397 g/mol. The first-order valence-corrected chi connectivity index (χ1v) is 9.71. The molecule has 0 radical (unpaired) electrons. The predicted octanol–water partition coefficient (Wildman–Crippen LogP) is 3.38. The van der Waals surface area contributed by atoms with Crippen LogP contribution >= 0.6 is 0 Å². The molecule has 0 unspecified atom stereocenters. The lowest BCUT2D eigenvalue weighted by Gasteiger charge is -2.23. The number of amides is 2. The summed E-state index contributed by atoms with van der Waals surface area (Å²) in [6.45, 7) is 4.53. The minimum atomic E-state index is -0.501. The third-order valence-corrected chi connectivity index (χ3v) is 4.96. The first kappa shape index (κ1) is 20.7. The van der Waals surface area contributed by atoms with Crippen LogP contribution in [0, 0.1) is 0 Å². The molecule has 1 aromatic heterocycles. The van der Waals surface area contributed by atoms with E-state index < -0.39 is 6.04 Å². The van der Waals surface area contributed by atoms with Crippen LogP contribution in [0.5, 0.6) is 5.75 Å². The van der Waals surface area contributed by atoms with Crippen molar-refractivity contribution in [3.05, 3.63) is 36.4 Å². The number of furan rings is 1. The Morgan fingerprint density at radius 2 is 1.93 bits per heavy atom. The molecule has 0 spiro atoms. The van der Waals surface area contributed by atoms with E-state index in [9.17, 15) is 9.59 Å². The fourth-order valence-corrected chi connectivity index (χ4v) is 3.14. The Balaban J connectivity index is 1.78. The number of nitrogens with one attached hydrogen (secondary N) is 2. The van der Waals surface area contributed by atoms with Crippen molar-refractivity contribution < 1.29 is 18.7 Å². The molecule has 154 valence electrons. The van der Waals surface area contributed by atoms with Gasteiger partial charge in [-0.05, 0) is 32.5 Å². The molecule has 2 amide bonds. The number of carbonyl (C=O) groups is 2. The molecule has 0 aliphatic rings. The van der Waals surface area contributed by atoms with E-state index >= 15 is 0 Å². The number of rotatable bonds is 8. The zero-order chi connectivity index (χ0) is 21.0. The maximum Gasteiger partial charge on any atom is 0.241 e. The van der Waals surface area contributed by atoms with Crippen LogP contribution in [-0.2, 0) is 9.59 Å². The van der Waals surface area contributed by atoms with Gasteiger partial charge in [-0.1, -0.05) is 25.1 Å². The van der Waals surface area contributed by atoms with Crippen molar-refractivity contribution in [1.29, 1.82) is 0 Å². The third kappa shape index (κ3) is 4.51. The summed E-state index contributed by atoms with van der Waals surface area (Å²) in [4.78, 5) is 26.4. The van der Waals surface area contributed by atoms with Crippen molar-refractivity contribution in [1.82, 2.24) is 10.2 Å². The molecule has 2 N–H and O–H groups in total. The molecule has 0 aliphatic carbocycles. The Hall–Kier alpha value is -3.06. The Kier molecular flexibility index (Phi) is 6.39. The van der Waals surface area contributed by atoms with E-state index in [1.54, 1.807) is 32.0 Å². The number of carbonyl (C=O) groups excluding carboxylic acids is 2. The second kappa shape index (κ2) is 8.96. The molecule has 7 heteroatoms. The highest BCUT2D eigenvalue weighted by Gasteiger charge is 2.22. The second-order valence-corrected chi connectivity index (χ2v) is 7.08. The third-order valence-electron chi connectivity index (χ3n) is 4.96. The molecule has 0 bridgehead atoms. The summed E-state index contributed by atoms with van der Waals surface area (Å²) in [6, 6.07) is 10.9. The van der Waals surface area contributed by atoms with Crippen LogP contribution in [0.25, 0.3) is 21.9 Å². The van der Waals surface area contributed by atoms with Gasteiger partial charge in [0, 0.05) is 23.4 Å². The molecule has 29 heavy (non-hydrogen) atoms. The largest absolute Gasteiger partial charge is 0.495 e. The maximum atomic E-state index is 12.8. The summed E-state index contributed by atoms with van der Waals surface area (Å²) < 4.78 is 11.4. The van der Waals surface area contributed by atoms with Gasteiger partial charge < -0.3 is 19.8 Å². The highest BCUT2D eigenvalue weighted by Crippen LogP contribution is 2.36. The van der Waals surface area contributed by atoms with Gasteiger partial charge in [0.05, 0.1) is 25.4 Å². The smallest absolute Gasteiger partial charge is 0.241 e. The van der Waals surface area contributed by atoms with Gasteiger partial charge in [0.2, 0.25) is 11.8 Å². The van der Waals surface area contributed by atoms with Crippen LogP contribution in [0.3, 0.4) is 0 Å². The first-order valence-electron chi connectivity index (χ1n) is 9.71. The summed E-state index contributed by atoms with van der Waals surface area (Å²) in [7, 11) is 3.31. The molecule has 0 aliphatic heterocycles. The fraction of sp³-hybridized carbons (Fsp3) is 0.364. The van der Waals surface area contributed by atoms with Crippen molar-refractivity contribution >= 4 is 39.4 Å². The van der Waals surface area contributed by atoms with Crippen LogP contribution < -0.4 is 15.4 Å². The van der Waals surface area contributed by atoms with Gasteiger partial charge in [-0.25, -0.2) is 0 Å². The number of hydrogen-bond acceptors (Lipinski definition) is 5. The van der Waals surface area contributed by atoms with Crippen molar-refractivity contribution in [3.63, 3.8) is 0 Å². The molecule has 3 rings (SSSR count). The molecule has 0 saturated heterocycles. The maximum absolute atomic E-state index is 12.8. The lowest BCUT2D eigenvalue weighted by Crippen LogP contribution is -2.44. The van der Waals surface area contributed by atoms with Gasteiger partial charge in [-0.3, -0.25) is 14.5 Å². The second-order valence-electron chi connectivity index (χ2n) is 7.08. The molecule has 2 aromatic carbocycles. The molecule has 3 aromatic rings. The molecular formula is C22H27N3O4. The minimum Gasteiger partial charge on any atom is -0.495 e. The molecular weight excluding hydrogens is 370 g/mol. The quantitative estimate of drug-likeness (QED) is 0.609. The highest BCUT2D eigenvalue weighted by atomic mass is 16.5. The van der Waals surface area contributed by atoms with E-state index in [0.717, 1.165) is 22.8 Å². The Morgan fingerprint density at radius 1 is 1.17 bits per heavy atom. The predicted molar refractivity (Wildman–Crippen MR) is 114 cm³/mol. The number of ether oxygens (including phenoxy) is 1. The van der Waals surface area contributed by atoms with Crippen LogP contribution in [0.2, 0.25) is 0 Å². The number of benzene rings is 2. The number of methoxy groups -OCH3 is 1. The van der Waals surface area contributed by atoms with Gasteiger partial charge >= 0.3 is 0 Å². The fourth-order valence-electron chi connectivity index (χ4n) is 3.14. The monoisotopic (exact) mass is 397 g/mol. The number of hydrogen-bond donors (Lipinski definition) is 2. The highest BCUT2D eigenvalue weighted by molar-refractivity contribution is 6.08. The van der Waals surface area contributed by atoms with E-state index in [-0.39, 0.29) is 18.4 Å². The number of likely N-dealkylation sites (N-methyl/N-ethyl adjacent to an activating group) is 1. The zero-order valence-electron chi connectivity index (χ0n) is 17.2. The standard InChI is InChI=1S/C22H27N3O4/c1-5-10-23-21(26)13-25(3)14(2)22(27)24-17-12-19-16(11-20(17)28-4)15-8-6-7-9-18(15)29-19/h6-9,11-12,14H,5,10,13H2,1-4H3,(H,23,26)(H,24,27)/t14-/m0/s1. The Labute approximate surface area is 170 Å². The lowest BCUT2D eigenvalue weighted by molar-refractivity contribution is -0.124. The summed E-state index contributed by atoms with van der Waals surface area (Å²) in [5.41, 5.74) is 1.97. The molecule has 1 atom stereocenters. The molecule has 0 saturated carbocycles. The van der Waals surface area contributed by atoms with Crippen LogP contribution in [0.4, 0.5) is 5.69 Å². The van der Waals surface area contributed by atoms with Crippen LogP contribution in [0.1, 0.15) is 20.3 Å². The van der Waals surface area contributed by atoms with E-state index in [0.29, 0.717) is 23.6 Å². The molecule has 1 heterocycles. The Bertz CT molecular complexity index is 1030. The van der Waals surface area contributed by atoms with Gasteiger partial charge in [0.1, 0.15) is 16.9 Å². The normalized spacial score (nSPS) is 12.3. The van der Waals surface area contributed by atoms with Gasteiger partial charge in [-0.2, -0.15) is 0 Å². The molecule has 0 fully saturated rings. The van der Waals surface area contributed by atoms with Gasteiger partial charge in [0.15, 0.2) is 0 Å². The number of nitrogens with zero attached hydrogens (tertiary/aromatic N) is 1. The lowest BCUT2D eigenvalue weighted by atomic mass is 10.1. The molecule has 7 nitrogen and oxygen atoms in total. The van der Waals surface area contributed by atoms with E-state index in [1.807, 2.05) is 37.3 Å². The number of para-hydroxylation sites is 1. The van der Waals surface area contributed by atoms with Crippen LogP contribution in [-0.4, -0.2) is 50.0 Å². The van der Waals surface area contributed by atoms with Crippen LogP contribution in [0.15, 0.2) is 40.8 Å². The number of fused-ring (bicyclic) bond motifs is 3. The van der Waals surface area contributed by atoms with E-state index in [1.165, 1.54) is 0 Å².